The average Bonchev–Trinajstić information content (AvgIpc) is 2.54. The summed E-state index contributed by atoms with van der Waals surface area (Å²) >= 11 is 0. The van der Waals surface area contributed by atoms with Crippen LogP contribution in [0.15, 0.2) is 48.5 Å². The first-order valence-electron chi connectivity index (χ1n) is 6.82. The van der Waals surface area contributed by atoms with Crippen LogP contribution in [0.25, 0.3) is 0 Å². The molecule has 0 aliphatic heterocycles. The van der Waals surface area contributed by atoms with E-state index in [1.54, 1.807) is 55.5 Å². The Labute approximate surface area is 130 Å². The smallest absolute Gasteiger partial charge is 0.161 e. The van der Waals surface area contributed by atoms with Crippen LogP contribution in [0.1, 0.15) is 28.9 Å². The summed E-state index contributed by atoms with van der Waals surface area (Å²) in [6.07, 6.45) is 0. The lowest BCUT2D eigenvalue weighted by molar-refractivity contribution is 0.409. The maximum absolute atomic E-state index is 12.7. The van der Waals surface area contributed by atoms with Crippen LogP contribution in [-0.4, -0.2) is 15.5 Å². The highest BCUT2D eigenvalue weighted by molar-refractivity contribution is 7.90. The maximum atomic E-state index is 12.7. The summed E-state index contributed by atoms with van der Waals surface area (Å²) in [7, 11) is -1.95. The zero-order valence-electron chi connectivity index (χ0n) is 12.5. The Morgan fingerprint density at radius 3 is 2.45 bits per heavy atom. The van der Waals surface area contributed by atoms with E-state index in [1.165, 1.54) is 7.11 Å². The Morgan fingerprint density at radius 2 is 1.77 bits per heavy atom. The number of hydrogen-bond acceptors (Lipinski definition) is 4. The van der Waals surface area contributed by atoms with E-state index in [4.69, 9.17) is 10.00 Å². The summed E-state index contributed by atoms with van der Waals surface area (Å²) in [4.78, 5) is 0. The van der Waals surface area contributed by atoms with E-state index in [1.807, 2.05) is 6.07 Å². The molecular weight excluding hydrogens is 298 g/mol. The fourth-order valence-electron chi connectivity index (χ4n) is 2.29. The van der Waals surface area contributed by atoms with Crippen molar-refractivity contribution in [2.45, 2.75) is 17.9 Å². The predicted octanol–water partition coefficient (Wildman–Crippen LogP) is 3.24. The molecule has 2 aromatic rings. The summed E-state index contributed by atoms with van der Waals surface area (Å²) in [5.74, 6) is 0.378. The molecule has 0 saturated carbocycles. The molecule has 0 aromatic heterocycles. The molecule has 22 heavy (non-hydrogen) atoms. The van der Waals surface area contributed by atoms with Crippen LogP contribution in [0.3, 0.4) is 0 Å². The number of nitrogens with zero attached hydrogens (tertiary/aromatic N) is 1. The van der Waals surface area contributed by atoms with Gasteiger partial charge < -0.3 is 4.74 Å². The van der Waals surface area contributed by atoms with Crippen molar-refractivity contribution in [2.24, 2.45) is 0 Å². The number of benzene rings is 2. The van der Waals surface area contributed by atoms with Crippen molar-refractivity contribution in [3.63, 3.8) is 0 Å². The number of rotatable bonds is 5. The fraction of sp³-hybridized carbons (Fsp3) is 0.235. The summed E-state index contributed by atoms with van der Waals surface area (Å²) in [6, 6.07) is 15.9. The highest BCUT2D eigenvalue weighted by atomic mass is 32.2. The first-order chi connectivity index (χ1) is 10.5. The molecular formula is C17H17NO3S. The van der Waals surface area contributed by atoms with Crippen LogP contribution in [0, 0.1) is 11.3 Å². The molecule has 0 unspecified atom stereocenters. The van der Waals surface area contributed by atoms with Crippen molar-refractivity contribution in [1.29, 1.82) is 5.26 Å². The lowest BCUT2D eigenvalue weighted by Gasteiger charge is -2.16. The molecule has 1 atom stereocenters. The number of nitriles is 1. The Morgan fingerprint density at radius 1 is 1.14 bits per heavy atom. The molecule has 0 spiro atoms. The number of para-hydroxylation sites is 1. The first kappa shape index (κ1) is 16.1. The third kappa shape index (κ3) is 3.29. The molecule has 2 aromatic carbocycles. The molecule has 0 fully saturated rings. The van der Waals surface area contributed by atoms with Crippen LogP contribution < -0.4 is 4.74 Å². The van der Waals surface area contributed by atoms with E-state index in [0.29, 0.717) is 22.4 Å². The maximum Gasteiger partial charge on any atom is 0.161 e. The molecule has 0 bridgehead atoms. The SMILES string of the molecule is COc1ccccc1[C@@H](C)S(=O)(=O)Cc1ccccc1C#N. The van der Waals surface area contributed by atoms with E-state index in [0.717, 1.165) is 0 Å². The van der Waals surface area contributed by atoms with Crippen LogP contribution in [0.5, 0.6) is 5.75 Å². The molecule has 0 aliphatic rings. The Kier molecular flexibility index (Phi) is 4.84. The minimum Gasteiger partial charge on any atom is -0.496 e. The molecule has 0 aliphatic carbocycles. The fourth-order valence-corrected chi connectivity index (χ4v) is 3.81. The highest BCUT2D eigenvalue weighted by Gasteiger charge is 2.26. The van der Waals surface area contributed by atoms with Gasteiger partial charge in [-0.25, -0.2) is 8.42 Å². The quantitative estimate of drug-likeness (QED) is 0.849. The second-order valence-corrected chi connectivity index (χ2v) is 7.28. The standard InChI is InChI=1S/C17H17NO3S/c1-13(16-9-5-6-10-17(16)21-2)22(19,20)12-15-8-4-3-7-14(15)11-18/h3-10,13H,12H2,1-2H3/t13-/m1/s1. The molecule has 4 nitrogen and oxygen atoms in total. The van der Waals surface area contributed by atoms with Gasteiger partial charge in [-0.15, -0.1) is 0 Å². The summed E-state index contributed by atoms with van der Waals surface area (Å²) in [6.45, 7) is 1.64. The summed E-state index contributed by atoms with van der Waals surface area (Å²) in [5, 5.41) is 8.38. The zero-order chi connectivity index (χ0) is 16.2. The van der Waals surface area contributed by atoms with Crippen LogP contribution in [-0.2, 0) is 15.6 Å². The normalized spacial score (nSPS) is 12.4. The van der Waals surface area contributed by atoms with Crippen molar-refractivity contribution >= 4 is 9.84 Å². The van der Waals surface area contributed by atoms with Gasteiger partial charge in [-0.1, -0.05) is 36.4 Å². The molecule has 0 heterocycles. The lowest BCUT2D eigenvalue weighted by atomic mass is 10.1. The number of hydrogen-bond donors (Lipinski definition) is 0. The van der Waals surface area contributed by atoms with E-state index in [2.05, 4.69) is 0 Å². The largest absolute Gasteiger partial charge is 0.496 e. The van der Waals surface area contributed by atoms with E-state index in [-0.39, 0.29) is 5.75 Å². The Hall–Kier alpha value is -2.32. The van der Waals surface area contributed by atoms with Crippen molar-refractivity contribution in [2.75, 3.05) is 7.11 Å². The molecule has 2 rings (SSSR count). The van der Waals surface area contributed by atoms with Crippen molar-refractivity contribution in [3.8, 4) is 11.8 Å². The Bertz CT molecular complexity index is 807. The van der Waals surface area contributed by atoms with E-state index in [9.17, 15) is 8.42 Å². The predicted molar refractivity (Wildman–Crippen MR) is 85.2 cm³/mol. The lowest BCUT2D eigenvalue weighted by Crippen LogP contribution is -2.14. The molecule has 0 saturated heterocycles. The monoisotopic (exact) mass is 315 g/mol. The van der Waals surface area contributed by atoms with Crippen molar-refractivity contribution < 1.29 is 13.2 Å². The average molecular weight is 315 g/mol. The number of methoxy groups -OCH3 is 1. The number of sulfone groups is 1. The second-order valence-electron chi connectivity index (χ2n) is 4.96. The van der Waals surface area contributed by atoms with Gasteiger partial charge in [-0.3, -0.25) is 0 Å². The first-order valence-corrected chi connectivity index (χ1v) is 8.53. The van der Waals surface area contributed by atoms with Gasteiger partial charge in [0.15, 0.2) is 9.84 Å². The van der Waals surface area contributed by atoms with E-state index >= 15 is 0 Å². The molecule has 5 heteroatoms. The summed E-state index contributed by atoms with van der Waals surface area (Å²) in [5.41, 5.74) is 1.53. The minimum atomic E-state index is -3.46. The zero-order valence-corrected chi connectivity index (χ0v) is 13.3. The van der Waals surface area contributed by atoms with Crippen LogP contribution in [0.2, 0.25) is 0 Å². The van der Waals surface area contributed by atoms with Gasteiger partial charge in [-0.2, -0.15) is 5.26 Å². The van der Waals surface area contributed by atoms with Gasteiger partial charge in [0.25, 0.3) is 0 Å². The second kappa shape index (κ2) is 6.63. The highest BCUT2D eigenvalue weighted by Crippen LogP contribution is 2.32. The minimum absolute atomic E-state index is 0.171. The van der Waals surface area contributed by atoms with Crippen molar-refractivity contribution in [3.05, 3.63) is 65.2 Å². The number of ether oxygens (including phenoxy) is 1. The van der Waals surface area contributed by atoms with Gasteiger partial charge in [0, 0.05) is 5.56 Å². The molecule has 0 amide bonds. The van der Waals surface area contributed by atoms with Gasteiger partial charge >= 0.3 is 0 Å². The van der Waals surface area contributed by atoms with Crippen LogP contribution in [0.4, 0.5) is 0 Å². The van der Waals surface area contributed by atoms with Crippen molar-refractivity contribution in [1.82, 2.24) is 0 Å². The van der Waals surface area contributed by atoms with E-state index < -0.39 is 15.1 Å². The third-order valence-corrected chi connectivity index (χ3v) is 5.65. The van der Waals surface area contributed by atoms with Gasteiger partial charge in [-0.05, 0) is 24.6 Å². The van der Waals surface area contributed by atoms with Crippen LogP contribution >= 0.6 is 0 Å². The molecule has 0 radical (unpaired) electrons. The molecule has 114 valence electrons. The third-order valence-electron chi connectivity index (χ3n) is 3.61. The topological polar surface area (TPSA) is 67.2 Å². The van der Waals surface area contributed by atoms with Gasteiger partial charge in [0.05, 0.1) is 29.7 Å². The van der Waals surface area contributed by atoms with Gasteiger partial charge in [0.1, 0.15) is 5.75 Å². The van der Waals surface area contributed by atoms with Gasteiger partial charge in [0.2, 0.25) is 0 Å². The Balaban J connectivity index is 2.36. The summed E-state index contributed by atoms with van der Waals surface area (Å²) < 4.78 is 30.6. The molecule has 0 N–H and O–H groups in total.